The van der Waals surface area contributed by atoms with Crippen molar-refractivity contribution in [2.75, 3.05) is 7.05 Å². The molecule has 0 aliphatic heterocycles. The van der Waals surface area contributed by atoms with Crippen molar-refractivity contribution in [3.05, 3.63) is 70.5 Å². The van der Waals surface area contributed by atoms with Crippen LogP contribution in [0.4, 0.5) is 4.39 Å². The summed E-state index contributed by atoms with van der Waals surface area (Å²) in [7, 11) is 1.87. The molecule has 0 saturated heterocycles. The lowest BCUT2D eigenvalue weighted by Crippen LogP contribution is -2.24. The molecule has 0 aliphatic rings. The second-order valence-corrected chi connectivity index (χ2v) is 5.29. The van der Waals surface area contributed by atoms with Crippen LogP contribution in [0, 0.1) is 5.82 Å². The van der Waals surface area contributed by atoms with Gasteiger partial charge in [-0.05, 0) is 31.2 Å². The maximum atomic E-state index is 14.2. The summed E-state index contributed by atoms with van der Waals surface area (Å²) in [6.45, 7) is 2.12. The number of rotatable bonds is 5. The summed E-state index contributed by atoms with van der Waals surface area (Å²) in [5, 5.41) is 3.67. The minimum absolute atomic E-state index is 0.0698. The molecular formula is C17H19ClFN. The van der Waals surface area contributed by atoms with E-state index < -0.39 is 0 Å². The van der Waals surface area contributed by atoms with Gasteiger partial charge in [-0.2, -0.15) is 0 Å². The molecule has 2 aromatic rings. The first-order valence-electron chi connectivity index (χ1n) is 6.84. The van der Waals surface area contributed by atoms with Crippen molar-refractivity contribution in [1.29, 1.82) is 0 Å². The van der Waals surface area contributed by atoms with E-state index >= 15 is 0 Å². The van der Waals surface area contributed by atoms with Crippen LogP contribution in [0.15, 0.2) is 48.5 Å². The van der Waals surface area contributed by atoms with Gasteiger partial charge in [0.05, 0.1) is 0 Å². The number of halogens is 2. The average molecular weight is 292 g/mol. The minimum Gasteiger partial charge on any atom is -0.312 e. The molecule has 0 aliphatic carbocycles. The van der Waals surface area contributed by atoms with Crippen molar-refractivity contribution in [1.82, 2.24) is 5.32 Å². The van der Waals surface area contributed by atoms with Gasteiger partial charge in [-0.15, -0.1) is 0 Å². The average Bonchev–Trinajstić information content (AvgIpc) is 2.46. The Balaban J connectivity index is 2.39. The summed E-state index contributed by atoms with van der Waals surface area (Å²) in [4.78, 5) is 0. The predicted octanol–water partition coefficient (Wildman–Crippen LogP) is 4.93. The second-order valence-electron chi connectivity index (χ2n) is 4.86. The second kappa shape index (κ2) is 6.87. The fourth-order valence-electron chi connectivity index (χ4n) is 2.69. The molecule has 0 amide bonds. The predicted molar refractivity (Wildman–Crippen MR) is 82.7 cm³/mol. The Labute approximate surface area is 124 Å². The van der Waals surface area contributed by atoms with Gasteiger partial charge in [-0.1, -0.05) is 54.9 Å². The molecule has 0 fully saturated rings. The Kier molecular flexibility index (Phi) is 5.16. The molecule has 20 heavy (non-hydrogen) atoms. The Bertz CT molecular complexity index is 556. The van der Waals surface area contributed by atoms with Gasteiger partial charge in [-0.25, -0.2) is 4.39 Å². The van der Waals surface area contributed by atoms with Gasteiger partial charge in [-0.3, -0.25) is 0 Å². The van der Waals surface area contributed by atoms with Crippen LogP contribution in [-0.2, 0) is 0 Å². The lowest BCUT2D eigenvalue weighted by Gasteiger charge is -2.27. The topological polar surface area (TPSA) is 12.0 Å². The van der Waals surface area contributed by atoms with Gasteiger partial charge in [0.1, 0.15) is 5.82 Å². The monoisotopic (exact) mass is 291 g/mol. The third-order valence-electron chi connectivity index (χ3n) is 3.68. The number of nitrogens with one attached hydrogen (secondary N) is 1. The zero-order chi connectivity index (χ0) is 14.5. The van der Waals surface area contributed by atoms with Crippen LogP contribution in [0.1, 0.15) is 36.4 Å². The Morgan fingerprint density at radius 3 is 2.40 bits per heavy atom. The summed E-state index contributed by atoms with van der Waals surface area (Å²) in [5.41, 5.74) is 1.87. The van der Waals surface area contributed by atoms with E-state index in [1.165, 1.54) is 11.6 Å². The van der Waals surface area contributed by atoms with Crippen molar-refractivity contribution >= 4 is 11.6 Å². The van der Waals surface area contributed by atoms with Crippen LogP contribution < -0.4 is 5.32 Å². The van der Waals surface area contributed by atoms with Gasteiger partial charge in [0.15, 0.2) is 0 Å². The van der Waals surface area contributed by atoms with E-state index in [1.807, 2.05) is 25.2 Å². The fraction of sp³-hybridized carbons (Fsp3) is 0.294. The Hall–Kier alpha value is -1.38. The van der Waals surface area contributed by atoms with Gasteiger partial charge in [0.2, 0.25) is 0 Å². The molecule has 1 N–H and O–H groups in total. The SMILES string of the molecule is CCC(c1ccccc1)C(NC)c1ccc(Cl)cc1F. The number of hydrogen-bond donors (Lipinski definition) is 1. The molecule has 106 valence electrons. The molecule has 2 unspecified atom stereocenters. The molecule has 0 spiro atoms. The van der Waals surface area contributed by atoms with Crippen LogP contribution >= 0.6 is 11.6 Å². The van der Waals surface area contributed by atoms with Crippen molar-refractivity contribution < 1.29 is 4.39 Å². The van der Waals surface area contributed by atoms with Crippen LogP contribution in [0.2, 0.25) is 5.02 Å². The van der Waals surface area contributed by atoms with Crippen LogP contribution in [0.3, 0.4) is 0 Å². The zero-order valence-corrected chi connectivity index (χ0v) is 12.5. The molecule has 0 saturated carbocycles. The molecule has 1 nitrogen and oxygen atoms in total. The van der Waals surface area contributed by atoms with Gasteiger partial charge in [0, 0.05) is 22.5 Å². The van der Waals surface area contributed by atoms with E-state index in [0.717, 1.165) is 6.42 Å². The third kappa shape index (κ3) is 3.20. The van der Waals surface area contributed by atoms with Gasteiger partial charge >= 0.3 is 0 Å². The molecule has 0 aromatic heterocycles. The highest BCUT2D eigenvalue weighted by Gasteiger charge is 2.24. The first-order valence-corrected chi connectivity index (χ1v) is 7.22. The standard InChI is InChI=1S/C17H19ClFN/c1-3-14(12-7-5-4-6-8-12)17(20-2)15-10-9-13(18)11-16(15)19/h4-11,14,17,20H,3H2,1-2H3. The number of likely N-dealkylation sites (N-methyl/N-ethyl adjacent to an activating group) is 1. The van der Waals surface area contributed by atoms with E-state index in [1.54, 1.807) is 12.1 Å². The van der Waals surface area contributed by atoms with Crippen molar-refractivity contribution in [2.45, 2.75) is 25.3 Å². The van der Waals surface area contributed by atoms with Crippen molar-refractivity contribution in [3.63, 3.8) is 0 Å². The van der Waals surface area contributed by atoms with E-state index in [9.17, 15) is 4.39 Å². The van der Waals surface area contributed by atoms with E-state index in [4.69, 9.17) is 11.6 Å². The van der Waals surface area contributed by atoms with Crippen LogP contribution in [0.5, 0.6) is 0 Å². The minimum atomic E-state index is -0.258. The van der Waals surface area contributed by atoms with Crippen LogP contribution in [-0.4, -0.2) is 7.05 Å². The smallest absolute Gasteiger partial charge is 0.129 e. The summed E-state index contributed by atoms with van der Waals surface area (Å²) in [5.74, 6) is -0.0388. The quantitative estimate of drug-likeness (QED) is 0.823. The first-order chi connectivity index (χ1) is 9.67. The van der Waals surface area contributed by atoms with Crippen molar-refractivity contribution in [3.8, 4) is 0 Å². The fourth-order valence-corrected chi connectivity index (χ4v) is 2.85. The van der Waals surface area contributed by atoms with Gasteiger partial charge in [0.25, 0.3) is 0 Å². The lowest BCUT2D eigenvalue weighted by atomic mass is 9.85. The van der Waals surface area contributed by atoms with Gasteiger partial charge < -0.3 is 5.32 Å². The first kappa shape index (κ1) is 15.0. The summed E-state index contributed by atoms with van der Waals surface area (Å²) in [6.07, 6.45) is 0.928. The molecular weight excluding hydrogens is 273 g/mol. The Morgan fingerprint density at radius 1 is 1.15 bits per heavy atom. The number of hydrogen-bond acceptors (Lipinski definition) is 1. The molecule has 2 aromatic carbocycles. The Morgan fingerprint density at radius 2 is 1.85 bits per heavy atom. The summed E-state index contributed by atoms with van der Waals surface area (Å²) in [6, 6.07) is 15.0. The van der Waals surface area contributed by atoms with E-state index in [2.05, 4.69) is 24.4 Å². The van der Waals surface area contributed by atoms with Crippen LogP contribution in [0.25, 0.3) is 0 Å². The number of benzene rings is 2. The van der Waals surface area contributed by atoms with Crippen molar-refractivity contribution in [2.24, 2.45) is 0 Å². The maximum Gasteiger partial charge on any atom is 0.129 e. The molecule has 2 rings (SSSR count). The maximum absolute atomic E-state index is 14.2. The third-order valence-corrected chi connectivity index (χ3v) is 3.91. The highest BCUT2D eigenvalue weighted by Crippen LogP contribution is 2.35. The lowest BCUT2D eigenvalue weighted by molar-refractivity contribution is 0.447. The van der Waals surface area contributed by atoms with E-state index in [-0.39, 0.29) is 17.8 Å². The molecule has 0 heterocycles. The van der Waals surface area contributed by atoms with E-state index in [0.29, 0.717) is 10.6 Å². The molecule has 3 heteroatoms. The molecule has 0 bridgehead atoms. The largest absolute Gasteiger partial charge is 0.312 e. The normalized spacial score (nSPS) is 14.0. The highest BCUT2D eigenvalue weighted by molar-refractivity contribution is 6.30. The molecule has 0 radical (unpaired) electrons. The zero-order valence-electron chi connectivity index (χ0n) is 11.7. The summed E-state index contributed by atoms with van der Waals surface area (Å²) < 4.78 is 14.2. The summed E-state index contributed by atoms with van der Waals surface area (Å²) >= 11 is 5.83. The highest BCUT2D eigenvalue weighted by atomic mass is 35.5. The molecule has 2 atom stereocenters.